The van der Waals surface area contributed by atoms with Gasteiger partial charge in [0.15, 0.2) is 0 Å². The summed E-state index contributed by atoms with van der Waals surface area (Å²) in [6.07, 6.45) is 0.239. The van der Waals surface area contributed by atoms with E-state index in [2.05, 4.69) is 15.8 Å². The molecule has 0 saturated carbocycles. The predicted octanol–water partition coefficient (Wildman–Crippen LogP) is 2.93. The number of hydrazone groups is 1. The molecule has 0 aliphatic rings. The first-order valence-corrected chi connectivity index (χ1v) is 8.25. The van der Waals surface area contributed by atoms with Crippen molar-refractivity contribution in [3.63, 3.8) is 0 Å². The van der Waals surface area contributed by atoms with Crippen molar-refractivity contribution in [1.82, 2.24) is 10.7 Å². The molecule has 5 heteroatoms. The van der Waals surface area contributed by atoms with Gasteiger partial charge < -0.3 is 5.32 Å². The standard InChI is InChI=1S/C20H23N3O2/c1-15-8-10-18(11-9-15)16(2)22-23-20(25)13-12-19(24)21-14-17-6-4-3-5-7-17/h3-11H,12-14H2,1-2H3,(H,21,24)(H,23,25)/b22-16+. The van der Waals surface area contributed by atoms with Crippen LogP contribution in [-0.2, 0) is 16.1 Å². The van der Waals surface area contributed by atoms with Gasteiger partial charge in [-0.05, 0) is 25.0 Å². The Bertz CT molecular complexity index is 737. The van der Waals surface area contributed by atoms with Gasteiger partial charge in [0.2, 0.25) is 11.8 Å². The number of hydrogen-bond donors (Lipinski definition) is 2. The highest BCUT2D eigenvalue weighted by atomic mass is 16.2. The lowest BCUT2D eigenvalue weighted by Crippen LogP contribution is -2.26. The zero-order valence-corrected chi connectivity index (χ0v) is 14.6. The zero-order chi connectivity index (χ0) is 18.1. The normalized spacial score (nSPS) is 11.0. The molecule has 0 atom stereocenters. The molecule has 2 rings (SSSR count). The van der Waals surface area contributed by atoms with Crippen molar-refractivity contribution >= 4 is 17.5 Å². The number of benzene rings is 2. The van der Waals surface area contributed by atoms with Crippen LogP contribution in [-0.4, -0.2) is 17.5 Å². The van der Waals surface area contributed by atoms with Gasteiger partial charge in [0, 0.05) is 19.4 Å². The largest absolute Gasteiger partial charge is 0.352 e. The van der Waals surface area contributed by atoms with Gasteiger partial charge in [-0.15, -0.1) is 0 Å². The van der Waals surface area contributed by atoms with Crippen LogP contribution in [0.2, 0.25) is 0 Å². The minimum atomic E-state index is -0.277. The Kier molecular flexibility index (Phi) is 6.89. The van der Waals surface area contributed by atoms with E-state index in [-0.39, 0.29) is 24.7 Å². The van der Waals surface area contributed by atoms with E-state index in [9.17, 15) is 9.59 Å². The van der Waals surface area contributed by atoms with E-state index in [4.69, 9.17) is 0 Å². The number of nitrogens with one attached hydrogen (secondary N) is 2. The summed E-state index contributed by atoms with van der Waals surface area (Å²) in [7, 11) is 0. The topological polar surface area (TPSA) is 70.6 Å². The predicted molar refractivity (Wildman–Crippen MR) is 99.1 cm³/mol. The average molecular weight is 337 g/mol. The zero-order valence-electron chi connectivity index (χ0n) is 14.6. The molecule has 0 aliphatic carbocycles. The molecule has 0 radical (unpaired) electrons. The molecule has 2 amide bonds. The Morgan fingerprint density at radius 3 is 2.24 bits per heavy atom. The molecule has 0 saturated heterocycles. The Labute approximate surface area is 148 Å². The van der Waals surface area contributed by atoms with Crippen LogP contribution in [0.1, 0.15) is 36.5 Å². The van der Waals surface area contributed by atoms with E-state index in [1.54, 1.807) is 0 Å². The highest BCUT2D eigenvalue weighted by Crippen LogP contribution is 2.04. The van der Waals surface area contributed by atoms with E-state index in [0.717, 1.165) is 16.8 Å². The molecule has 0 unspecified atom stereocenters. The maximum atomic E-state index is 11.8. The van der Waals surface area contributed by atoms with Crippen LogP contribution in [0, 0.1) is 6.92 Å². The highest BCUT2D eigenvalue weighted by Gasteiger charge is 2.06. The van der Waals surface area contributed by atoms with Crippen molar-refractivity contribution in [2.24, 2.45) is 5.10 Å². The molecule has 0 aromatic heterocycles. The average Bonchev–Trinajstić information content (AvgIpc) is 2.64. The summed E-state index contributed by atoms with van der Waals surface area (Å²) in [5, 5.41) is 6.88. The van der Waals surface area contributed by atoms with E-state index < -0.39 is 0 Å². The fourth-order valence-electron chi connectivity index (χ4n) is 2.17. The van der Waals surface area contributed by atoms with Crippen LogP contribution < -0.4 is 10.7 Å². The molecule has 0 aliphatic heterocycles. The van der Waals surface area contributed by atoms with Gasteiger partial charge in [-0.3, -0.25) is 9.59 Å². The molecule has 0 heterocycles. The monoisotopic (exact) mass is 337 g/mol. The molecule has 5 nitrogen and oxygen atoms in total. The van der Waals surface area contributed by atoms with E-state index in [0.29, 0.717) is 6.54 Å². The lowest BCUT2D eigenvalue weighted by Gasteiger charge is -2.05. The van der Waals surface area contributed by atoms with Crippen molar-refractivity contribution in [3.8, 4) is 0 Å². The van der Waals surface area contributed by atoms with Gasteiger partial charge >= 0.3 is 0 Å². The van der Waals surface area contributed by atoms with Crippen LogP contribution in [0.4, 0.5) is 0 Å². The molecule has 2 N–H and O–H groups in total. The molecule has 25 heavy (non-hydrogen) atoms. The molecular weight excluding hydrogens is 314 g/mol. The lowest BCUT2D eigenvalue weighted by atomic mass is 10.1. The quantitative estimate of drug-likeness (QED) is 0.602. The minimum Gasteiger partial charge on any atom is -0.352 e. The SMILES string of the molecule is C/C(=N\NC(=O)CCC(=O)NCc1ccccc1)c1ccc(C)cc1. The number of carbonyl (C=O) groups is 2. The van der Waals surface area contributed by atoms with Crippen molar-refractivity contribution in [3.05, 3.63) is 71.3 Å². The second kappa shape index (κ2) is 9.37. The first-order chi connectivity index (χ1) is 12.0. The lowest BCUT2D eigenvalue weighted by molar-refractivity contribution is -0.126. The van der Waals surface area contributed by atoms with Crippen molar-refractivity contribution in [2.45, 2.75) is 33.2 Å². The van der Waals surface area contributed by atoms with Crippen molar-refractivity contribution < 1.29 is 9.59 Å². The van der Waals surface area contributed by atoms with Crippen LogP contribution in [0.25, 0.3) is 0 Å². The van der Waals surface area contributed by atoms with E-state index in [1.165, 1.54) is 5.56 Å². The molecule has 0 bridgehead atoms. The summed E-state index contributed by atoms with van der Waals surface area (Å²) in [6, 6.07) is 17.5. The van der Waals surface area contributed by atoms with Gasteiger partial charge in [0.1, 0.15) is 0 Å². The van der Waals surface area contributed by atoms with Crippen LogP contribution in [0.3, 0.4) is 0 Å². The number of hydrogen-bond acceptors (Lipinski definition) is 3. The van der Waals surface area contributed by atoms with Crippen LogP contribution in [0.15, 0.2) is 59.7 Å². The number of nitrogens with zero attached hydrogens (tertiary/aromatic N) is 1. The molecule has 2 aromatic carbocycles. The van der Waals surface area contributed by atoms with Gasteiger partial charge in [-0.2, -0.15) is 5.10 Å². The maximum absolute atomic E-state index is 11.8. The van der Waals surface area contributed by atoms with Gasteiger partial charge in [-0.25, -0.2) is 5.43 Å². The fourth-order valence-corrected chi connectivity index (χ4v) is 2.17. The number of carbonyl (C=O) groups excluding carboxylic acids is 2. The molecule has 130 valence electrons. The van der Waals surface area contributed by atoms with Crippen molar-refractivity contribution in [1.29, 1.82) is 0 Å². The second-order valence-corrected chi connectivity index (χ2v) is 5.86. The Morgan fingerprint density at radius 2 is 1.56 bits per heavy atom. The third-order valence-electron chi connectivity index (χ3n) is 3.73. The number of amides is 2. The van der Waals surface area contributed by atoms with Crippen LogP contribution in [0.5, 0.6) is 0 Å². The molecule has 0 fully saturated rings. The second-order valence-electron chi connectivity index (χ2n) is 5.86. The summed E-state index contributed by atoms with van der Waals surface area (Å²) < 4.78 is 0. The minimum absolute atomic E-state index is 0.102. The number of aryl methyl sites for hydroxylation is 1. The first kappa shape index (κ1) is 18.4. The molecular formula is C20H23N3O2. The first-order valence-electron chi connectivity index (χ1n) is 8.25. The Morgan fingerprint density at radius 1 is 0.920 bits per heavy atom. The Hall–Kier alpha value is -2.95. The van der Waals surface area contributed by atoms with Gasteiger partial charge in [0.05, 0.1) is 5.71 Å². The van der Waals surface area contributed by atoms with Crippen LogP contribution >= 0.6 is 0 Å². The third-order valence-corrected chi connectivity index (χ3v) is 3.73. The summed E-state index contributed by atoms with van der Waals surface area (Å²) in [5.41, 5.74) is 6.36. The third kappa shape index (κ3) is 6.59. The summed E-state index contributed by atoms with van der Waals surface area (Å²) in [4.78, 5) is 23.6. The Balaban J connectivity index is 1.71. The molecule has 2 aromatic rings. The smallest absolute Gasteiger partial charge is 0.240 e. The van der Waals surface area contributed by atoms with E-state index in [1.807, 2.05) is 68.4 Å². The number of rotatable bonds is 7. The van der Waals surface area contributed by atoms with Crippen molar-refractivity contribution in [2.75, 3.05) is 0 Å². The maximum Gasteiger partial charge on any atom is 0.240 e. The summed E-state index contributed by atoms with van der Waals surface area (Å²) in [5.74, 6) is -0.431. The fraction of sp³-hybridized carbons (Fsp3) is 0.250. The summed E-state index contributed by atoms with van der Waals surface area (Å²) in [6.45, 7) is 4.31. The van der Waals surface area contributed by atoms with Gasteiger partial charge in [-0.1, -0.05) is 60.2 Å². The van der Waals surface area contributed by atoms with Gasteiger partial charge in [0.25, 0.3) is 0 Å². The highest BCUT2D eigenvalue weighted by molar-refractivity contribution is 5.99. The summed E-state index contributed by atoms with van der Waals surface area (Å²) >= 11 is 0. The molecule has 0 spiro atoms. The van der Waals surface area contributed by atoms with E-state index >= 15 is 0 Å².